The van der Waals surface area contributed by atoms with Crippen molar-refractivity contribution in [2.24, 2.45) is 4.99 Å². The molecule has 2 nitrogen and oxygen atoms in total. The second kappa shape index (κ2) is 14.1. The summed E-state index contributed by atoms with van der Waals surface area (Å²) >= 11 is 0. The Morgan fingerprint density at radius 3 is 1.73 bits per heavy atom. The van der Waals surface area contributed by atoms with E-state index in [2.05, 4.69) is 100 Å². The van der Waals surface area contributed by atoms with Crippen molar-refractivity contribution >= 4 is 54.8 Å². The van der Waals surface area contributed by atoms with E-state index in [1.54, 1.807) is 0 Å². The Hall–Kier alpha value is -2.25. The second-order valence-electron chi connectivity index (χ2n) is 8.89. The highest BCUT2D eigenvalue weighted by Crippen LogP contribution is 2.47. The lowest BCUT2D eigenvalue weighted by Crippen LogP contribution is -2.13. The number of aryl methyl sites for hydroxylation is 4. The van der Waals surface area contributed by atoms with Crippen molar-refractivity contribution in [2.75, 3.05) is 0 Å². The molecule has 0 amide bonds. The minimum absolute atomic E-state index is 0.213. The zero-order valence-electron chi connectivity index (χ0n) is 21.5. The minimum atomic E-state index is 0.213. The molecule has 190 valence electrons. The first-order valence-corrected chi connectivity index (χ1v) is 16.5. The zero-order valence-corrected chi connectivity index (χ0v) is 24.8. The number of benzene rings is 4. The molecule has 4 rings (SSSR count). The van der Waals surface area contributed by atoms with Crippen LogP contribution in [-0.4, -0.2) is 10.5 Å². The molecule has 0 radical (unpaired) electrons. The Morgan fingerprint density at radius 1 is 0.649 bits per heavy atom. The molecule has 0 atom stereocenters. The molecule has 6 heteroatoms. The van der Waals surface area contributed by atoms with Gasteiger partial charge in [-0.05, 0) is 92.9 Å². The van der Waals surface area contributed by atoms with Gasteiger partial charge in [0.2, 0.25) is 0 Å². The number of rotatable bonds is 10. The number of aliphatic imine (C=N–C) groups is 1. The molecular weight excluding hydrogens is 531 g/mol. The Balaban J connectivity index is 1.57. The first-order valence-electron chi connectivity index (χ1n) is 12.1. The monoisotopic (exact) mass is 561 g/mol. The van der Waals surface area contributed by atoms with E-state index in [-0.39, 0.29) is 4.58 Å². The lowest BCUT2D eigenvalue weighted by molar-refractivity contribution is 0.535. The quantitative estimate of drug-likeness (QED) is 0.0828. The molecular formula is C31H31NOS4. The number of hydrogen-bond acceptors (Lipinski definition) is 6. The van der Waals surface area contributed by atoms with Gasteiger partial charge in [0.25, 0.3) is 0 Å². The van der Waals surface area contributed by atoms with Crippen molar-refractivity contribution in [2.45, 2.75) is 48.5 Å². The molecule has 0 fully saturated rings. The topological polar surface area (TPSA) is 21.6 Å². The fourth-order valence-electron chi connectivity index (χ4n) is 3.47. The van der Waals surface area contributed by atoms with E-state index >= 15 is 0 Å². The maximum absolute atomic E-state index is 6.41. The van der Waals surface area contributed by atoms with Gasteiger partial charge in [-0.3, -0.25) is 0 Å². The van der Waals surface area contributed by atoms with E-state index in [0.717, 1.165) is 17.0 Å². The summed E-state index contributed by atoms with van der Waals surface area (Å²) in [5, 5.41) is 0. The number of ether oxygens (including phenoxy) is 1. The average Bonchev–Trinajstić information content (AvgIpc) is 2.87. The van der Waals surface area contributed by atoms with Gasteiger partial charge in [0, 0.05) is 16.2 Å². The molecule has 0 aliphatic carbocycles. The van der Waals surface area contributed by atoms with E-state index in [1.807, 2.05) is 67.4 Å². The van der Waals surface area contributed by atoms with Gasteiger partial charge in [-0.15, -0.1) is 0 Å². The minimum Gasteiger partial charge on any atom is -0.443 e. The molecule has 0 bridgehead atoms. The van der Waals surface area contributed by atoms with Gasteiger partial charge in [0.1, 0.15) is 5.75 Å². The summed E-state index contributed by atoms with van der Waals surface area (Å²) < 4.78 is 6.62. The Morgan fingerprint density at radius 2 is 1.19 bits per heavy atom. The lowest BCUT2D eigenvalue weighted by Gasteiger charge is -2.17. The van der Waals surface area contributed by atoms with Crippen LogP contribution in [0.15, 0.2) is 112 Å². The second-order valence-corrected chi connectivity index (χ2v) is 14.1. The van der Waals surface area contributed by atoms with Crippen LogP contribution in [0.2, 0.25) is 0 Å². The van der Waals surface area contributed by atoms with E-state index in [4.69, 9.17) is 9.73 Å². The van der Waals surface area contributed by atoms with Crippen LogP contribution in [-0.2, 0) is 0 Å². The van der Waals surface area contributed by atoms with Crippen molar-refractivity contribution in [3.8, 4) is 5.75 Å². The smallest absolute Gasteiger partial charge is 0.197 e. The summed E-state index contributed by atoms with van der Waals surface area (Å²) in [4.78, 5) is 7.47. The molecule has 0 aliphatic rings. The van der Waals surface area contributed by atoms with Gasteiger partial charge >= 0.3 is 0 Å². The van der Waals surface area contributed by atoms with Crippen LogP contribution in [0, 0.1) is 27.7 Å². The summed E-state index contributed by atoms with van der Waals surface area (Å²) in [6.07, 6.45) is 0.689. The zero-order chi connectivity index (χ0) is 26.0. The highest BCUT2D eigenvalue weighted by atomic mass is 33.1. The van der Waals surface area contributed by atoms with Gasteiger partial charge in [-0.25, -0.2) is 4.99 Å². The third kappa shape index (κ3) is 9.53. The molecule has 0 spiro atoms. The maximum atomic E-state index is 6.41. The van der Waals surface area contributed by atoms with Crippen LogP contribution in [0.5, 0.6) is 5.75 Å². The molecule has 4 aromatic carbocycles. The summed E-state index contributed by atoms with van der Waals surface area (Å²) in [6.45, 7) is 8.44. The van der Waals surface area contributed by atoms with Crippen LogP contribution in [0.4, 0.5) is 5.69 Å². The summed E-state index contributed by atoms with van der Waals surface area (Å²) in [5.41, 5.74) is 5.83. The van der Waals surface area contributed by atoms with Gasteiger partial charge < -0.3 is 4.74 Å². The number of nitrogens with zero attached hydrogens (tertiary/aromatic N) is 1. The first-order chi connectivity index (χ1) is 17.9. The molecule has 0 saturated heterocycles. The molecule has 37 heavy (non-hydrogen) atoms. The largest absolute Gasteiger partial charge is 0.443 e. The third-order valence-electron chi connectivity index (χ3n) is 5.34. The molecule has 0 aromatic heterocycles. The predicted octanol–water partition coefficient (Wildman–Crippen LogP) is 10.6. The highest BCUT2D eigenvalue weighted by Gasteiger charge is 2.18. The standard InChI is InChI=1S/C31H31NOS4/c1-22-14-16-26(17-15-22)32-30(33-27-11-5-8-23(2)18-27)21-31(36-34-28-12-6-9-24(3)19-28)37-35-29-13-7-10-25(4)20-29/h5-20,31H,21H2,1-4H3/b32-30-. The van der Waals surface area contributed by atoms with Gasteiger partial charge in [-0.1, -0.05) is 97.3 Å². The van der Waals surface area contributed by atoms with Crippen molar-refractivity contribution in [1.82, 2.24) is 0 Å². The fourth-order valence-corrected chi connectivity index (χ4v) is 9.39. The average molecular weight is 562 g/mol. The lowest BCUT2D eigenvalue weighted by atomic mass is 10.2. The maximum Gasteiger partial charge on any atom is 0.197 e. The Kier molecular flexibility index (Phi) is 10.6. The van der Waals surface area contributed by atoms with E-state index in [9.17, 15) is 0 Å². The third-order valence-corrected chi connectivity index (χ3v) is 11.6. The van der Waals surface area contributed by atoms with Crippen molar-refractivity contribution < 1.29 is 4.74 Å². The van der Waals surface area contributed by atoms with Gasteiger partial charge in [0.15, 0.2) is 5.90 Å². The van der Waals surface area contributed by atoms with Gasteiger partial charge in [-0.2, -0.15) is 0 Å². The summed E-state index contributed by atoms with van der Waals surface area (Å²) in [7, 11) is 7.34. The van der Waals surface area contributed by atoms with Crippen LogP contribution >= 0.6 is 43.2 Å². The van der Waals surface area contributed by atoms with Crippen molar-refractivity contribution in [1.29, 1.82) is 0 Å². The fraction of sp³-hybridized carbons (Fsp3) is 0.194. The van der Waals surface area contributed by atoms with Crippen LogP contribution in [0.3, 0.4) is 0 Å². The Bertz CT molecular complexity index is 1290. The van der Waals surface area contributed by atoms with Crippen LogP contribution < -0.4 is 4.74 Å². The molecule has 0 N–H and O–H groups in total. The predicted molar refractivity (Wildman–Crippen MR) is 168 cm³/mol. The van der Waals surface area contributed by atoms with Crippen LogP contribution in [0.25, 0.3) is 0 Å². The molecule has 0 aliphatic heterocycles. The first kappa shape index (κ1) is 27.8. The molecule has 4 aromatic rings. The summed E-state index contributed by atoms with van der Waals surface area (Å²) in [6, 6.07) is 33.7. The van der Waals surface area contributed by atoms with Crippen molar-refractivity contribution in [3.05, 3.63) is 119 Å². The molecule has 0 heterocycles. The molecule has 0 unspecified atom stereocenters. The highest BCUT2D eigenvalue weighted by molar-refractivity contribution is 8.85. The van der Waals surface area contributed by atoms with Crippen LogP contribution in [0.1, 0.15) is 28.7 Å². The normalized spacial score (nSPS) is 11.6. The van der Waals surface area contributed by atoms with E-state index in [1.165, 1.54) is 26.5 Å². The Labute approximate surface area is 236 Å². The van der Waals surface area contributed by atoms with E-state index in [0.29, 0.717) is 12.3 Å². The summed E-state index contributed by atoms with van der Waals surface area (Å²) in [5.74, 6) is 1.53. The molecule has 0 saturated carbocycles. The SMILES string of the molecule is Cc1ccc(/N=C(/CC(SSc2cccc(C)c2)SSc2cccc(C)c2)Oc2cccc(C)c2)cc1. The van der Waals surface area contributed by atoms with Crippen molar-refractivity contribution in [3.63, 3.8) is 0 Å². The van der Waals surface area contributed by atoms with Gasteiger partial charge in [0.05, 0.1) is 10.3 Å². The number of hydrogen-bond donors (Lipinski definition) is 0. The van der Waals surface area contributed by atoms with E-state index < -0.39 is 0 Å².